The van der Waals surface area contributed by atoms with E-state index in [-0.39, 0.29) is 36.1 Å². The molecule has 0 N–H and O–H groups in total. The number of methoxy groups -OCH3 is 1. The summed E-state index contributed by atoms with van der Waals surface area (Å²) in [5, 5.41) is 0. The molecule has 0 aliphatic carbocycles. The Hall–Kier alpha value is -2.06. The number of aromatic nitrogens is 2. The van der Waals surface area contributed by atoms with Crippen molar-refractivity contribution < 1.29 is 22.7 Å². The normalized spacial score (nSPS) is 21.3. The molecule has 1 aromatic heterocycles. The number of carbonyl (C=O) groups excluding carboxylic acids is 1. The van der Waals surface area contributed by atoms with E-state index in [1.165, 1.54) is 7.11 Å². The first kappa shape index (κ1) is 16.8. The highest BCUT2D eigenvalue weighted by molar-refractivity contribution is 5.70. The molecule has 1 atom stereocenters. The Morgan fingerprint density at radius 2 is 2.08 bits per heavy atom. The van der Waals surface area contributed by atoms with Crippen LogP contribution in [0.3, 0.4) is 0 Å². The van der Waals surface area contributed by atoms with Crippen LogP contribution in [0.1, 0.15) is 25.5 Å². The van der Waals surface area contributed by atoms with Gasteiger partial charge in [-0.2, -0.15) is 18.2 Å². The van der Waals surface area contributed by atoms with Gasteiger partial charge < -0.3 is 14.5 Å². The van der Waals surface area contributed by atoms with Gasteiger partial charge in [-0.25, -0.2) is 4.98 Å². The van der Waals surface area contributed by atoms with E-state index in [9.17, 15) is 18.0 Å². The number of ether oxygens (including phenoxy) is 1. The van der Waals surface area contributed by atoms with E-state index in [1.807, 2.05) is 6.92 Å². The number of halogens is 3. The second-order valence-electron chi connectivity index (χ2n) is 6.29. The number of anilines is 2. The van der Waals surface area contributed by atoms with Gasteiger partial charge in [0.2, 0.25) is 5.95 Å². The quantitative estimate of drug-likeness (QED) is 0.780. The molecule has 24 heavy (non-hydrogen) atoms. The topological polar surface area (TPSA) is 58.6 Å². The largest absolute Gasteiger partial charge is 0.469 e. The summed E-state index contributed by atoms with van der Waals surface area (Å²) < 4.78 is 44.0. The highest BCUT2D eigenvalue weighted by atomic mass is 19.4. The Morgan fingerprint density at radius 1 is 1.38 bits per heavy atom. The van der Waals surface area contributed by atoms with Crippen molar-refractivity contribution in [1.29, 1.82) is 0 Å². The highest BCUT2D eigenvalue weighted by Gasteiger charge is 2.38. The van der Waals surface area contributed by atoms with Crippen LogP contribution >= 0.6 is 0 Å². The third-order valence-corrected chi connectivity index (χ3v) is 4.53. The van der Waals surface area contributed by atoms with Gasteiger partial charge in [0.1, 0.15) is 5.82 Å². The summed E-state index contributed by atoms with van der Waals surface area (Å²) in [5.74, 6) is 0.143. The minimum atomic E-state index is -4.52. The average molecular weight is 344 g/mol. The molecule has 3 heterocycles. The number of esters is 1. The average Bonchev–Trinajstić information content (AvgIpc) is 2.47. The zero-order chi connectivity index (χ0) is 17.5. The van der Waals surface area contributed by atoms with Crippen LogP contribution in [0.25, 0.3) is 0 Å². The molecule has 1 aromatic rings. The number of rotatable bonds is 4. The lowest BCUT2D eigenvalue weighted by atomic mass is 9.96. The van der Waals surface area contributed by atoms with Crippen molar-refractivity contribution in [1.82, 2.24) is 9.97 Å². The van der Waals surface area contributed by atoms with Gasteiger partial charge in [0.25, 0.3) is 0 Å². The molecule has 0 spiro atoms. The van der Waals surface area contributed by atoms with Gasteiger partial charge >= 0.3 is 12.1 Å². The summed E-state index contributed by atoms with van der Waals surface area (Å²) in [4.78, 5) is 22.7. The van der Waals surface area contributed by atoms with E-state index < -0.39 is 11.9 Å². The van der Waals surface area contributed by atoms with Crippen molar-refractivity contribution in [2.75, 3.05) is 36.5 Å². The standard InChI is InChI=1S/C15H19F3N4O2/c1-9-3-4-22(9)14-19-11(15(16,17)18)6-12(20-14)21-7-10(8-21)5-13(23)24-2/h6,9-10H,3-5,7-8H2,1-2H3/t9-/m0/s1. The molecule has 0 aromatic carbocycles. The Morgan fingerprint density at radius 3 is 2.58 bits per heavy atom. The van der Waals surface area contributed by atoms with Gasteiger partial charge in [-0.05, 0) is 13.3 Å². The van der Waals surface area contributed by atoms with E-state index in [0.717, 1.165) is 12.5 Å². The number of hydrogen-bond acceptors (Lipinski definition) is 6. The minimum absolute atomic E-state index is 0.0770. The third-order valence-electron chi connectivity index (χ3n) is 4.53. The predicted octanol–water partition coefficient (Wildman–Crippen LogP) is 2.09. The summed E-state index contributed by atoms with van der Waals surface area (Å²) >= 11 is 0. The van der Waals surface area contributed by atoms with Crippen LogP contribution < -0.4 is 9.80 Å². The van der Waals surface area contributed by atoms with E-state index in [1.54, 1.807) is 9.80 Å². The maximum atomic E-state index is 13.1. The van der Waals surface area contributed by atoms with Gasteiger partial charge in [-0.3, -0.25) is 4.79 Å². The van der Waals surface area contributed by atoms with Crippen LogP contribution in [-0.2, 0) is 15.7 Å². The molecular weight excluding hydrogens is 325 g/mol. The summed E-state index contributed by atoms with van der Waals surface area (Å²) in [6.07, 6.45) is -3.34. The Kier molecular flexibility index (Phi) is 4.27. The molecule has 0 unspecified atom stereocenters. The predicted molar refractivity (Wildman–Crippen MR) is 80.8 cm³/mol. The second-order valence-corrected chi connectivity index (χ2v) is 6.29. The molecule has 0 radical (unpaired) electrons. The van der Waals surface area contributed by atoms with Crippen molar-refractivity contribution >= 4 is 17.7 Å². The Balaban J connectivity index is 1.78. The fourth-order valence-electron chi connectivity index (χ4n) is 2.88. The van der Waals surface area contributed by atoms with Gasteiger partial charge in [0.15, 0.2) is 5.69 Å². The molecule has 2 saturated heterocycles. The number of nitrogens with zero attached hydrogens (tertiary/aromatic N) is 4. The summed E-state index contributed by atoms with van der Waals surface area (Å²) in [7, 11) is 1.32. The molecule has 2 fully saturated rings. The lowest BCUT2D eigenvalue weighted by Gasteiger charge is -2.42. The molecule has 6 nitrogen and oxygen atoms in total. The first-order valence-electron chi connectivity index (χ1n) is 7.82. The molecule has 0 saturated carbocycles. The van der Waals surface area contributed by atoms with Crippen LogP contribution in [0.4, 0.5) is 24.9 Å². The number of carbonyl (C=O) groups is 1. The van der Waals surface area contributed by atoms with Crippen molar-refractivity contribution in [3.63, 3.8) is 0 Å². The molecule has 2 aliphatic heterocycles. The van der Waals surface area contributed by atoms with Gasteiger partial charge in [-0.1, -0.05) is 0 Å². The van der Waals surface area contributed by atoms with Crippen LogP contribution in [-0.4, -0.2) is 48.7 Å². The van der Waals surface area contributed by atoms with E-state index in [2.05, 4.69) is 14.7 Å². The second kappa shape index (κ2) is 6.10. The van der Waals surface area contributed by atoms with Crippen LogP contribution in [0.2, 0.25) is 0 Å². The minimum Gasteiger partial charge on any atom is -0.469 e. The Bertz CT molecular complexity index is 632. The Labute approximate surface area is 137 Å². The lowest BCUT2D eigenvalue weighted by Crippen LogP contribution is -2.49. The van der Waals surface area contributed by atoms with Crippen molar-refractivity contribution in [3.05, 3.63) is 11.8 Å². The van der Waals surface area contributed by atoms with Crippen LogP contribution in [0.5, 0.6) is 0 Å². The molecule has 9 heteroatoms. The zero-order valence-corrected chi connectivity index (χ0v) is 13.5. The van der Waals surface area contributed by atoms with Gasteiger partial charge in [-0.15, -0.1) is 0 Å². The summed E-state index contributed by atoms with van der Waals surface area (Å²) in [6, 6.07) is 1.12. The van der Waals surface area contributed by atoms with Crippen molar-refractivity contribution in [3.8, 4) is 0 Å². The van der Waals surface area contributed by atoms with Crippen LogP contribution in [0.15, 0.2) is 6.07 Å². The number of alkyl halides is 3. The van der Waals surface area contributed by atoms with Crippen LogP contribution in [0, 0.1) is 5.92 Å². The van der Waals surface area contributed by atoms with Gasteiger partial charge in [0, 0.05) is 37.7 Å². The zero-order valence-electron chi connectivity index (χ0n) is 13.5. The highest BCUT2D eigenvalue weighted by Crippen LogP contribution is 2.35. The van der Waals surface area contributed by atoms with E-state index in [4.69, 9.17) is 0 Å². The van der Waals surface area contributed by atoms with Crippen molar-refractivity contribution in [2.45, 2.75) is 32.0 Å². The maximum Gasteiger partial charge on any atom is 0.433 e. The molecule has 2 aliphatic rings. The SMILES string of the molecule is COC(=O)CC1CN(c2cc(C(F)(F)F)nc(N3CC[C@@H]3C)n2)C1. The molecule has 3 rings (SSSR count). The van der Waals surface area contributed by atoms with E-state index in [0.29, 0.717) is 19.6 Å². The van der Waals surface area contributed by atoms with Crippen molar-refractivity contribution in [2.24, 2.45) is 5.92 Å². The third kappa shape index (κ3) is 3.25. The maximum absolute atomic E-state index is 13.1. The smallest absolute Gasteiger partial charge is 0.433 e. The fraction of sp³-hybridized carbons (Fsp3) is 0.667. The lowest BCUT2D eigenvalue weighted by molar-refractivity contribution is -0.142. The summed E-state index contributed by atoms with van der Waals surface area (Å²) in [6.45, 7) is 3.56. The molecule has 0 bridgehead atoms. The fourth-order valence-corrected chi connectivity index (χ4v) is 2.88. The first-order valence-corrected chi connectivity index (χ1v) is 7.82. The monoisotopic (exact) mass is 344 g/mol. The number of hydrogen-bond donors (Lipinski definition) is 0. The molecule has 132 valence electrons. The molecule has 0 amide bonds. The first-order chi connectivity index (χ1) is 11.3. The van der Waals surface area contributed by atoms with Gasteiger partial charge in [0.05, 0.1) is 13.5 Å². The molecular formula is C15H19F3N4O2. The summed E-state index contributed by atoms with van der Waals surface area (Å²) in [5.41, 5.74) is -0.932. The van der Waals surface area contributed by atoms with E-state index >= 15 is 0 Å².